The topological polar surface area (TPSA) is 93.3 Å². The molecule has 19 heavy (non-hydrogen) atoms. The van der Waals surface area contributed by atoms with E-state index < -0.39 is 10.9 Å². The third-order valence-corrected chi connectivity index (χ3v) is 2.56. The Morgan fingerprint density at radius 3 is 2.89 bits per heavy atom. The van der Waals surface area contributed by atoms with Crippen LogP contribution in [0.25, 0.3) is 17.0 Å². The Hall–Kier alpha value is -2.76. The number of carbonyl (C=O) groups is 1. The summed E-state index contributed by atoms with van der Waals surface area (Å²) in [6.45, 7) is 0. The predicted molar refractivity (Wildman–Crippen MR) is 69.7 cm³/mol. The summed E-state index contributed by atoms with van der Waals surface area (Å²) in [5.41, 5.74) is 1.12. The summed E-state index contributed by atoms with van der Waals surface area (Å²) >= 11 is 0. The van der Waals surface area contributed by atoms with Gasteiger partial charge in [-0.3, -0.25) is 19.9 Å². The summed E-state index contributed by atoms with van der Waals surface area (Å²) in [6.07, 6.45) is 4.52. The number of nitro groups is 1. The largest absolute Gasteiger partial charge is 0.481 e. The van der Waals surface area contributed by atoms with Crippen molar-refractivity contribution in [1.82, 2.24) is 4.98 Å². The molecule has 0 fully saturated rings. The molecule has 0 aliphatic carbocycles. The van der Waals surface area contributed by atoms with E-state index in [4.69, 9.17) is 5.11 Å². The number of rotatable bonds is 4. The van der Waals surface area contributed by atoms with Gasteiger partial charge in [0.25, 0.3) is 5.69 Å². The van der Waals surface area contributed by atoms with Gasteiger partial charge in [0.15, 0.2) is 0 Å². The Labute approximate surface area is 108 Å². The van der Waals surface area contributed by atoms with E-state index in [1.54, 1.807) is 30.5 Å². The van der Waals surface area contributed by atoms with E-state index in [2.05, 4.69) is 4.98 Å². The monoisotopic (exact) mass is 258 g/mol. The first-order chi connectivity index (χ1) is 9.09. The maximum absolute atomic E-state index is 10.9. The Morgan fingerprint density at radius 2 is 2.21 bits per heavy atom. The summed E-state index contributed by atoms with van der Waals surface area (Å²) < 4.78 is 0. The highest BCUT2D eigenvalue weighted by atomic mass is 16.6. The van der Waals surface area contributed by atoms with Gasteiger partial charge in [-0.2, -0.15) is 0 Å². The molecule has 0 unspecified atom stereocenters. The van der Waals surface area contributed by atoms with E-state index in [0.29, 0.717) is 16.5 Å². The number of hydrogen-bond acceptors (Lipinski definition) is 4. The Morgan fingerprint density at radius 1 is 1.42 bits per heavy atom. The van der Waals surface area contributed by atoms with Gasteiger partial charge in [-0.25, -0.2) is 0 Å². The van der Waals surface area contributed by atoms with Crippen molar-refractivity contribution in [2.45, 2.75) is 6.42 Å². The second-order valence-corrected chi connectivity index (χ2v) is 3.83. The molecule has 0 aliphatic heterocycles. The minimum atomic E-state index is -0.935. The van der Waals surface area contributed by atoms with Gasteiger partial charge in [0, 0.05) is 17.8 Å². The van der Waals surface area contributed by atoms with Gasteiger partial charge in [0.05, 0.1) is 22.2 Å². The third kappa shape index (κ3) is 2.74. The van der Waals surface area contributed by atoms with E-state index >= 15 is 0 Å². The Balaban J connectivity index is 2.52. The standard InChI is InChI=1S/C13H10N2O4/c16-12(17)5-1-3-9-6-7-11(15(18)19)10-4-2-8-14-13(9)10/h1-4,6-8H,5H2,(H,16,17). The van der Waals surface area contributed by atoms with E-state index in [1.807, 2.05) is 0 Å². The summed E-state index contributed by atoms with van der Waals surface area (Å²) in [4.78, 5) is 25.0. The molecule has 0 aliphatic rings. The number of nitro benzene ring substituents is 1. The number of carboxylic acids is 1. The lowest BCUT2D eigenvalue weighted by molar-refractivity contribution is -0.383. The maximum atomic E-state index is 10.9. The lowest BCUT2D eigenvalue weighted by atomic mass is 10.1. The number of aliphatic carboxylic acids is 1. The minimum absolute atomic E-state index is 0.0153. The number of aromatic nitrogens is 1. The van der Waals surface area contributed by atoms with Crippen LogP contribution in [0.5, 0.6) is 0 Å². The van der Waals surface area contributed by atoms with Crippen LogP contribution in [-0.4, -0.2) is 21.0 Å². The molecule has 6 nitrogen and oxygen atoms in total. The molecule has 2 rings (SSSR count). The van der Waals surface area contributed by atoms with Crippen LogP contribution in [0.4, 0.5) is 5.69 Å². The lowest BCUT2D eigenvalue weighted by Crippen LogP contribution is -1.93. The highest BCUT2D eigenvalue weighted by molar-refractivity contribution is 5.94. The predicted octanol–water partition coefficient (Wildman–Crippen LogP) is 2.63. The van der Waals surface area contributed by atoms with Crippen LogP contribution in [0.15, 0.2) is 36.5 Å². The molecule has 2 aromatic rings. The zero-order valence-electron chi connectivity index (χ0n) is 9.81. The van der Waals surface area contributed by atoms with Crippen molar-refractivity contribution in [1.29, 1.82) is 0 Å². The minimum Gasteiger partial charge on any atom is -0.481 e. The van der Waals surface area contributed by atoms with Crippen molar-refractivity contribution in [2.24, 2.45) is 0 Å². The summed E-state index contributed by atoms with van der Waals surface area (Å²) in [5, 5.41) is 19.9. The summed E-state index contributed by atoms with van der Waals surface area (Å²) in [6, 6.07) is 6.20. The molecule has 96 valence electrons. The van der Waals surface area contributed by atoms with E-state index in [-0.39, 0.29) is 12.1 Å². The Bertz CT molecular complexity index is 679. The summed E-state index contributed by atoms with van der Waals surface area (Å²) in [5.74, 6) is -0.935. The van der Waals surface area contributed by atoms with E-state index in [9.17, 15) is 14.9 Å². The van der Waals surface area contributed by atoms with Crippen LogP contribution in [0.2, 0.25) is 0 Å². The molecule has 0 radical (unpaired) electrons. The molecule has 1 heterocycles. The number of pyridine rings is 1. The first-order valence-corrected chi connectivity index (χ1v) is 5.50. The van der Waals surface area contributed by atoms with Crippen LogP contribution < -0.4 is 0 Å². The molecule has 0 spiro atoms. The van der Waals surface area contributed by atoms with E-state index in [1.165, 1.54) is 12.1 Å². The molecular weight excluding hydrogens is 248 g/mol. The van der Waals surface area contributed by atoms with Crippen LogP contribution in [0.3, 0.4) is 0 Å². The Kier molecular flexibility index (Phi) is 3.51. The van der Waals surface area contributed by atoms with Crippen LogP contribution in [-0.2, 0) is 4.79 Å². The average molecular weight is 258 g/mol. The first kappa shape index (κ1) is 12.7. The zero-order chi connectivity index (χ0) is 13.8. The van der Waals surface area contributed by atoms with Crippen molar-refractivity contribution in [2.75, 3.05) is 0 Å². The van der Waals surface area contributed by atoms with Crippen molar-refractivity contribution in [3.63, 3.8) is 0 Å². The van der Waals surface area contributed by atoms with Crippen molar-refractivity contribution < 1.29 is 14.8 Å². The van der Waals surface area contributed by atoms with E-state index in [0.717, 1.165) is 0 Å². The highest BCUT2D eigenvalue weighted by Gasteiger charge is 2.13. The van der Waals surface area contributed by atoms with Gasteiger partial charge in [-0.15, -0.1) is 0 Å². The SMILES string of the molecule is O=C(O)CC=Cc1ccc([N+](=O)[O-])c2cccnc12. The number of benzene rings is 1. The second kappa shape index (κ2) is 5.26. The molecule has 0 amide bonds. The second-order valence-electron chi connectivity index (χ2n) is 3.83. The van der Waals surface area contributed by atoms with Crippen molar-refractivity contribution >= 4 is 28.6 Å². The van der Waals surface area contributed by atoms with Crippen molar-refractivity contribution in [3.8, 4) is 0 Å². The molecule has 1 N–H and O–H groups in total. The molecular formula is C13H10N2O4. The van der Waals surface area contributed by atoms with Crippen molar-refractivity contribution in [3.05, 3.63) is 52.2 Å². The third-order valence-electron chi connectivity index (χ3n) is 2.56. The zero-order valence-corrected chi connectivity index (χ0v) is 9.81. The van der Waals surface area contributed by atoms with Gasteiger partial charge in [0.2, 0.25) is 0 Å². The van der Waals surface area contributed by atoms with Gasteiger partial charge in [0.1, 0.15) is 0 Å². The molecule has 0 atom stereocenters. The first-order valence-electron chi connectivity index (χ1n) is 5.50. The molecule has 0 saturated heterocycles. The van der Waals surface area contributed by atoms with Gasteiger partial charge in [-0.1, -0.05) is 12.2 Å². The smallest absolute Gasteiger partial charge is 0.307 e. The fourth-order valence-electron chi connectivity index (χ4n) is 1.76. The number of nitrogens with zero attached hydrogens (tertiary/aromatic N) is 2. The average Bonchev–Trinajstić information content (AvgIpc) is 2.38. The van der Waals surface area contributed by atoms with Gasteiger partial charge < -0.3 is 5.11 Å². The normalized spacial score (nSPS) is 10.9. The maximum Gasteiger partial charge on any atom is 0.307 e. The highest BCUT2D eigenvalue weighted by Crippen LogP contribution is 2.27. The molecule has 1 aromatic heterocycles. The molecule has 6 heteroatoms. The van der Waals surface area contributed by atoms with Crippen LogP contribution in [0.1, 0.15) is 12.0 Å². The van der Waals surface area contributed by atoms with Crippen LogP contribution in [0, 0.1) is 10.1 Å². The molecule has 0 bridgehead atoms. The molecule has 0 saturated carbocycles. The number of non-ortho nitro benzene ring substituents is 1. The summed E-state index contributed by atoms with van der Waals surface area (Å²) in [7, 11) is 0. The molecule has 1 aromatic carbocycles. The number of hydrogen-bond donors (Lipinski definition) is 1. The lowest BCUT2D eigenvalue weighted by Gasteiger charge is -2.02. The fourth-order valence-corrected chi connectivity index (χ4v) is 1.76. The van der Waals surface area contributed by atoms with Crippen LogP contribution >= 0.6 is 0 Å². The quantitative estimate of drug-likeness (QED) is 0.672. The van der Waals surface area contributed by atoms with Gasteiger partial charge >= 0.3 is 5.97 Å². The number of carboxylic acid groups (broad SMARTS) is 1. The van der Waals surface area contributed by atoms with Gasteiger partial charge in [-0.05, 0) is 18.2 Å². The fraction of sp³-hybridized carbons (Fsp3) is 0.0769. The number of fused-ring (bicyclic) bond motifs is 1.